The molecule has 0 atom stereocenters. The molecule has 0 heterocycles. The van der Waals surface area contributed by atoms with Crippen LogP contribution in [0.3, 0.4) is 0 Å². The lowest BCUT2D eigenvalue weighted by molar-refractivity contribution is -0.144. The molecule has 0 radical (unpaired) electrons. The summed E-state index contributed by atoms with van der Waals surface area (Å²) in [7, 11) is 0. The summed E-state index contributed by atoms with van der Waals surface area (Å²) in [5, 5.41) is 8.37. The fraction of sp³-hybridized carbons (Fsp3) is 0.667. The third-order valence-corrected chi connectivity index (χ3v) is 1.92. The van der Waals surface area contributed by atoms with E-state index in [-0.39, 0.29) is 18.8 Å². The Hall–Kier alpha value is -1.52. The highest BCUT2D eigenvalue weighted by Crippen LogP contribution is 1.99. The van der Waals surface area contributed by atoms with Crippen molar-refractivity contribution in [3.63, 3.8) is 0 Å². The van der Waals surface area contributed by atoms with Crippen LogP contribution >= 0.6 is 0 Å². The van der Waals surface area contributed by atoms with Crippen LogP contribution in [0.15, 0.2) is 12.3 Å². The zero-order valence-electron chi connectivity index (χ0n) is 10.2. The minimum absolute atomic E-state index is 0.00624. The maximum atomic E-state index is 11.1. The van der Waals surface area contributed by atoms with Gasteiger partial charge in [0.2, 0.25) is 0 Å². The number of hydrogen-bond donors (Lipinski definition) is 1. The Morgan fingerprint density at radius 1 is 1.12 bits per heavy atom. The van der Waals surface area contributed by atoms with Gasteiger partial charge in [0.25, 0.3) is 0 Å². The minimum atomic E-state index is -0.890. The van der Waals surface area contributed by atoms with Crippen LogP contribution in [0.5, 0.6) is 0 Å². The van der Waals surface area contributed by atoms with Crippen LogP contribution in [0.4, 0.5) is 0 Å². The van der Waals surface area contributed by atoms with Gasteiger partial charge < -0.3 is 14.6 Å². The van der Waals surface area contributed by atoms with Gasteiger partial charge in [0.05, 0.1) is 19.5 Å². The van der Waals surface area contributed by atoms with Crippen molar-refractivity contribution in [1.82, 2.24) is 0 Å². The molecule has 0 spiro atoms. The Morgan fingerprint density at radius 2 is 1.82 bits per heavy atom. The number of carboxylic acid groups (broad SMARTS) is 1. The first-order chi connectivity index (χ1) is 8.16. The van der Waals surface area contributed by atoms with Crippen molar-refractivity contribution in [3.05, 3.63) is 12.3 Å². The number of ether oxygens (including phenoxy) is 2. The van der Waals surface area contributed by atoms with Crippen molar-refractivity contribution in [3.8, 4) is 0 Å². The summed E-state index contributed by atoms with van der Waals surface area (Å²) in [5.74, 6) is -1.22. The van der Waals surface area contributed by atoms with Crippen LogP contribution in [0, 0.1) is 0 Å². The summed E-state index contributed by atoms with van der Waals surface area (Å²) in [5.41, 5.74) is 0. The molecule has 1 N–H and O–H groups in total. The van der Waals surface area contributed by atoms with Crippen molar-refractivity contribution >= 4 is 11.9 Å². The quantitative estimate of drug-likeness (QED) is 0.362. The van der Waals surface area contributed by atoms with Crippen LogP contribution in [-0.4, -0.2) is 30.3 Å². The van der Waals surface area contributed by atoms with Crippen LogP contribution < -0.4 is 0 Å². The van der Waals surface area contributed by atoms with Gasteiger partial charge >= 0.3 is 11.9 Å². The molecule has 0 aliphatic carbocycles. The van der Waals surface area contributed by atoms with Gasteiger partial charge in [0.1, 0.15) is 0 Å². The summed E-state index contributed by atoms with van der Waals surface area (Å²) in [4.78, 5) is 21.3. The van der Waals surface area contributed by atoms with Crippen LogP contribution in [0.25, 0.3) is 0 Å². The Morgan fingerprint density at radius 3 is 2.47 bits per heavy atom. The van der Waals surface area contributed by atoms with E-state index in [1.54, 1.807) is 6.26 Å². The van der Waals surface area contributed by atoms with E-state index in [1.807, 2.05) is 13.0 Å². The fourth-order valence-electron chi connectivity index (χ4n) is 1.09. The molecule has 0 aliphatic rings. The molecule has 0 rings (SSSR count). The second kappa shape index (κ2) is 11.0. The van der Waals surface area contributed by atoms with Crippen molar-refractivity contribution < 1.29 is 24.2 Å². The molecule has 98 valence electrons. The van der Waals surface area contributed by atoms with Gasteiger partial charge in [-0.05, 0) is 26.2 Å². The Balaban J connectivity index is 3.24. The summed E-state index contributed by atoms with van der Waals surface area (Å²) in [6, 6.07) is 0. The predicted octanol–water partition coefficient (Wildman–Crippen LogP) is 2.11. The number of carbonyl (C=O) groups excluding carboxylic acids is 1. The molecule has 0 saturated heterocycles. The fourth-order valence-corrected chi connectivity index (χ4v) is 1.09. The Bertz CT molecular complexity index is 247. The van der Waals surface area contributed by atoms with E-state index in [1.165, 1.54) is 0 Å². The van der Waals surface area contributed by atoms with E-state index in [9.17, 15) is 9.59 Å². The zero-order valence-corrected chi connectivity index (χ0v) is 10.2. The molecule has 0 aromatic rings. The lowest BCUT2D eigenvalue weighted by Crippen LogP contribution is -2.07. The number of carboxylic acids is 1. The smallest absolute Gasteiger partial charge is 0.305 e. The molecule has 0 saturated carbocycles. The highest BCUT2D eigenvalue weighted by Gasteiger charge is 2.04. The molecule has 17 heavy (non-hydrogen) atoms. The predicted molar refractivity (Wildman–Crippen MR) is 62.4 cm³/mol. The van der Waals surface area contributed by atoms with E-state index in [0.717, 1.165) is 12.8 Å². The van der Waals surface area contributed by atoms with Gasteiger partial charge in [-0.3, -0.25) is 9.59 Å². The largest absolute Gasteiger partial charge is 0.502 e. The zero-order chi connectivity index (χ0) is 12.9. The molecule has 5 heteroatoms. The van der Waals surface area contributed by atoms with Crippen LogP contribution in [-0.2, 0) is 19.1 Å². The third-order valence-electron chi connectivity index (χ3n) is 1.92. The SMILES string of the molecule is CC=COCCCCOC(=O)CCCC(=O)O. The lowest BCUT2D eigenvalue weighted by Gasteiger charge is -2.04. The molecule has 0 aliphatic heterocycles. The molecule has 0 fully saturated rings. The maximum Gasteiger partial charge on any atom is 0.305 e. The molecule has 0 aromatic carbocycles. The highest BCUT2D eigenvalue weighted by molar-refractivity contribution is 5.71. The Labute approximate surface area is 101 Å². The average molecular weight is 244 g/mol. The summed E-state index contributed by atoms with van der Waals surface area (Å²) < 4.78 is 10.0. The minimum Gasteiger partial charge on any atom is -0.502 e. The van der Waals surface area contributed by atoms with Crippen LogP contribution in [0.2, 0.25) is 0 Å². The number of allylic oxidation sites excluding steroid dienone is 1. The summed E-state index contributed by atoms with van der Waals surface area (Å²) in [6.45, 7) is 2.85. The molecule has 0 aromatic heterocycles. The number of rotatable bonds is 10. The monoisotopic (exact) mass is 244 g/mol. The first-order valence-corrected chi connectivity index (χ1v) is 5.77. The molecular weight excluding hydrogens is 224 g/mol. The second-order valence-corrected chi connectivity index (χ2v) is 3.52. The van der Waals surface area contributed by atoms with Gasteiger partial charge in [-0.2, -0.15) is 0 Å². The highest BCUT2D eigenvalue weighted by atomic mass is 16.5. The van der Waals surface area contributed by atoms with Gasteiger partial charge in [-0.1, -0.05) is 6.08 Å². The van der Waals surface area contributed by atoms with E-state index in [4.69, 9.17) is 14.6 Å². The number of aliphatic carboxylic acids is 1. The Kier molecular flexibility index (Phi) is 10.00. The maximum absolute atomic E-state index is 11.1. The average Bonchev–Trinajstić information content (AvgIpc) is 2.27. The second-order valence-electron chi connectivity index (χ2n) is 3.52. The third kappa shape index (κ3) is 12.4. The lowest BCUT2D eigenvalue weighted by atomic mass is 10.2. The molecule has 0 bridgehead atoms. The standard InChI is InChI=1S/C12H20O5/c1-2-8-16-9-3-4-10-17-12(15)7-5-6-11(13)14/h2,8H,3-7,9-10H2,1H3,(H,13,14). The normalized spacial score (nSPS) is 10.4. The van der Waals surface area contributed by atoms with Gasteiger partial charge in [-0.25, -0.2) is 0 Å². The van der Waals surface area contributed by atoms with E-state index in [2.05, 4.69) is 0 Å². The van der Waals surface area contributed by atoms with Crippen molar-refractivity contribution in [2.24, 2.45) is 0 Å². The van der Waals surface area contributed by atoms with E-state index in [0.29, 0.717) is 19.6 Å². The van der Waals surface area contributed by atoms with E-state index < -0.39 is 5.97 Å². The van der Waals surface area contributed by atoms with Crippen LogP contribution in [0.1, 0.15) is 39.0 Å². The number of esters is 1. The number of unbranched alkanes of at least 4 members (excludes halogenated alkanes) is 1. The molecular formula is C12H20O5. The molecule has 5 nitrogen and oxygen atoms in total. The summed E-state index contributed by atoms with van der Waals surface area (Å²) >= 11 is 0. The molecule has 0 unspecified atom stereocenters. The topological polar surface area (TPSA) is 72.8 Å². The van der Waals surface area contributed by atoms with Crippen molar-refractivity contribution in [2.75, 3.05) is 13.2 Å². The summed E-state index contributed by atoms with van der Waals surface area (Å²) in [6.07, 6.45) is 5.52. The van der Waals surface area contributed by atoms with Gasteiger partial charge in [0, 0.05) is 12.8 Å². The first kappa shape index (κ1) is 15.5. The number of carbonyl (C=O) groups is 2. The van der Waals surface area contributed by atoms with Gasteiger partial charge in [0.15, 0.2) is 0 Å². The van der Waals surface area contributed by atoms with Crippen molar-refractivity contribution in [1.29, 1.82) is 0 Å². The number of hydrogen-bond acceptors (Lipinski definition) is 4. The van der Waals surface area contributed by atoms with Gasteiger partial charge in [-0.15, -0.1) is 0 Å². The first-order valence-electron chi connectivity index (χ1n) is 5.77. The molecule has 0 amide bonds. The van der Waals surface area contributed by atoms with Crippen molar-refractivity contribution in [2.45, 2.75) is 39.0 Å². The van der Waals surface area contributed by atoms with E-state index >= 15 is 0 Å².